The SMILES string of the molecule is CC(C)Cn1cc(-c2ccc(CCO)cc2)cn1. The fraction of sp³-hybridized carbons (Fsp3) is 0.400. The van der Waals surface area contributed by atoms with Crippen molar-refractivity contribution >= 4 is 0 Å². The van der Waals surface area contributed by atoms with Gasteiger partial charge in [-0.1, -0.05) is 38.1 Å². The third kappa shape index (κ3) is 3.20. The Morgan fingerprint density at radius 2 is 1.89 bits per heavy atom. The number of aromatic nitrogens is 2. The first kappa shape index (κ1) is 12.8. The van der Waals surface area contributed by atoms with E-state index in [4.69, 9.17) is 5.11 Å². The number of rotatable bonds is 5. The molecule has 3 nitrogen and oxygen atoms in total. The molecule has 0 bridgehead atoms. The van der Waals surface area contributed by atoms with Crippen molar-refractivity contribution < 1.29 is 5.11 Å². The zero-order valence-electron chi connectivity index (χ0n) is 11.0. The molecule has 3 heteroatoms. The van der Waals surface area contributed by atoms with Crippen molar-refractivity contribution in [2.24, 2.45) is 5.92 Å². The number of aliphatic hydroxyl groups is 1. The van der Waals surface area contributed by atoms with Crippen LogP contribution in [0.15, 0.2) is 36.7 Å². The maximum atomic E-state index is 8.88. The maximum Gasteiger partial charge on any atom is 0.0568 e. The predicted octanol–water partition coefficient (Wildman–Crippen LogP) is 2.74. The van der Waals surface area contributed by atoms with Crippen molar-refractivity contribution in [3.8, 4) is 11.1 Å². The van der Waals surface area contributed by atoms with Gasteiger partial charge in [0.1, 0.15) is 0 Å². The van der Waals surface area contributed by atoms with E-state index in [-0.39, 0.29) is 6.61 Å². The van der Waals surface area contributed by atoms with Crippen LogP contribution in [-0.2, 0) is 13.0 Å². The minimum atomic E-state index is 0.200. The molecule has 1 N–H and O–H groups in total. The molecule has 0 unspecified atom stereocenters. The molecular weight excluding hydrogens is 224 g/mol. The van der Waals surface area contributed by atoms with Crippen LogP contribution < -0.4 is 0 Å². The molecule has 0 amide bonds. The molecule has 0 fully saturated rings. The lowest BCUT2D eigenvalue weighted by molar-refractivity contribution is 0.299. The zero-order valence-corrected chi connectivity index (χ0v) is 11.0. The van der Waals surface area contributed by atoms with E-state index >= 15 is 0 Å². The lowest BCUT2D eigenvalue weighted by Crippen LogP contribution is -2.03. The van der Waals surface area contributed by atoms with E-state index in [1.54, 1.807) is 0 Å². The summed E-state index contributed by atoms with van der Waals surface area (Å²) < 4.78 is 1.99. The molecule has 96 valence electrons. The highest BCUT2D eigenvalue weighted by Crippen LogP contribution is 2.19. The molecule has 1 aromatic carbocycles. The third-order valence-electron chi connectivity index (χ3n) is 2.87. The van der Waals surface area contributed by atoms with Crippen LogP contribution in [0.2, 0.25) is 0 Å². The van der Waals surface area contributed by atoms with Gasteiger partial charge in [-0.3, -0.25) is 4.68 Å². The van der Waals surface area contributed by atoms with Crippen LogP contribution in [0, 0.1) is 5.92 Å². The average Bonchev–Trinajstić information content (AvgIpc) is 2.78. The summed E-state index contributed by atoms with van der Waals surface area (Å²) in [6.45, 7) is 5.52. The van der Waals surface area contributed by atoms with Crippen LogP contribution in [0.1, 0.15) is 19.4 Å². The molecule has 0 saturated carbocycles. The zero-order chi connectivity index (χ0) is 13.0. The summed E-state index contributed by atoms with van der Waals surface area (Å²) in [6, 6.07) is 8.29. The van der Waals surface area contributed by atoms with Crippen LogP contribution in [-0.4, -0.2) is 21.5 Å². The molecule has 0 saturated heterocycles. The van der Waals surface area contributed by atoms with Gasteiger partial charge >= 0.3 is 0 Å². The summed E-state index contributed by atoms with van der Waals surface area (Å²) >= 11 is 0. The fourth-order valence-electron chi connectivity index (χ4n) is 1.98. The van der Waals surface area contributed by atoms with E-state index in [1.165, 1.54) is 5.56 Å². The Bertz CT molecular complexity index is 485. The highest BCUT2D eigenvalue weighted by molar-refractivity contribution is 5.61. The van der Waals surface area contributed by atoms with Crippen molar-refractivity contribution in [2.75, 3.05) is 6.61 Å². The topological polar surface area (TPSA) is 38.0 Å². The second-order valence-corrected chi connectivity index (χ2v) is 5.02. The highest BCUT2D eigenvalue weighted by Gasteiger charge is 2.03. The number of benzene rings is 1. The van der Waals surface area contributed by atoms with Crippen molar-refractivity contribution in [1.82, 2.24) is 9.78 Å². The van der Waals surface area contributed by atoms with Gasteiger partial charge in [0.25, 0.3) is 0 Å². The summed E-state index contributed by atoms with van der Waals surface area (Å²) in [4.78, 5) is 0. The first-order chi connectivity index (χ1) is 8.69. The first-order valence-corrected chi connectivity index (χ1v) is 6.41. The predicted molar refractivity (Wildman–Crippen MR) is 73.3 cm³/mol. The monoisotopic (exact) mass is 244 g/mol. The van der Waals surface area contributed by atoms with E-state index in [9.17, 15) is 0 Å². The van der Waals surface area contributed by atoms with Crippen molar-refractivity contribution in [3.63, 3.8) is 0 Å². The molecule has 18 heavy (non-hydrogen) atoms. The molecule has 2 rings (SSSR count). The van der Waals surface area contributed by atoms with Crippen molar-refractivity contribution in [1.29, 1.82) is 0 Å². The van der Waals surface area contributed by atoms with Crippen LogP contribution in [0.3, 0.4) is 0 Å². The van der Waals surface area contributed by atoms with Gasteiger partial charge in [0.05, 0.1) is 6.20 Å². The number of nitrogens with zero attached hydrogens (tertiary/aromatic N) is 2. The third-order valence-corrected chi connectivity index (χ3v) is 2.87. The van der Waals surface area contributed by atoms with E-state index in [0.717, 1.165) is 17.7 Å². The van der Waals surface area contributed by atoms with E-state index in [0.29, 0.717) is 12.3 Å². The van der Waals surface area contributed by atoms with Crippen molar-refractivity contribution in [3.05, 3.63) is 42.2 Å². The largest absolute Gasteiger partial charge is 0.396 e. The summed E-state index contributed by atoms with van der Waals surface area (Å²) in [6.07, 6.45) is 4.71. The second kappa shape index (κ2) is 5.83. The molecule has 0 aliphatic rings. The summed E-state index contributed by atoms with van der Waals surface area (Å²) in [7, 11) is 0. The van der Waals surface area contributed by atoms with Crippen molar-refractivity contribution in [2.45, 2.75) is 26.8 Å². The Kier molecular flexibility index (Phi) is 4.15. The lowest BCUT2D eigenvalue weighted by Gasteiger charge is -2.03. The molecule has 0 aliphatic carbocycles. The Morgan fingerprint density at radius 1 is 1.17 bits per heavy atom. The maximum absolute atomic E-state index is 8.88. The first-order valence-electron chi connectivity index (χ1n) is 6.41. The van der Waals surface area contributed by atoms with E-state index in [2.05, 4.69) is 49.4 Å². The standard InChI is InChI=1S/C15H20N2O/c1-12(2)10-17-11-15(9-16-17)14-5-3-13(4-6-14)7-8-18/h3-6,9,11-12,18H,7-8,10H2,1-2H3. The van der Waals surface area contributed by atoms with Crippen LogP contribution in [0.5, 0.6) is 0 Å². The molecule has 0 aliphatic heterocycles. The normalized spacial score (nSPS) is 11.1. The van der Waals surface area contributed by atoms with Gasteiger partial charge in [0, 0.05) is 24.9 Å². The van der Waals surface area contributed by atoms with Gasteiger partial charge in [-0.15, -0.1) is 0 Å². The average molecular weight is 244 g/mol. The van der Waals surface area contributed by atoms with Crippen LogP contribution in [0.4, 0.5) is 0 Å². The van der Waals surface area contributed by atoms with Gasteiger partial charge in [0.2, 0.25) is 0 Å². The minimum absolute atomic E-state index is 0.200. The fourth-order valence-corrected chi connectivity index (χ4v) is 1.98. The van der Waals surface area contributed by atoms with Gasteiger partial charge in [0.15, 0.2) is 0 Å². The quantitative estimate of drug-likeness (QED) is 0.878. The van der Waals surface area contributed by atoms with Gasteiger partial charge in [-0.05, 0) is 23.5 Å². The molecule has 0 atom stereocenters. The Labute approximate surface area is 108 Å². The number of aliphatic hydroxyl groups excluding tert-OH is 1. The van der Waals surface area contributed by atoms with Crippen LogP contribution >= 0.6 is 0 Å². The minimum Gasteiger partial charge on any atom is -0.396 e. The molecule has 2 aromatic rings. The molecule has 0 spiro atoms. The second-order valence-electron chi connectivity index (χ2n) is 5.02. The van der Waals surface area contributed by atoms with Crippen LogP contribution in [0.25, 0.3) is 11.1 Å². The number of hydrogen-bond acceptors (Lipinski definition) is 2. The summed E-state index contributed by atoms with van der Waals surface area (Å²) in [5.74, 6) is 0.602. The van der Waals surface area contributed by atoms with Gasteiger partial charge in [-0.25, -0.2) is 0 Å². The Balaban J connectivity index is 2.13. The van der Waals surface area contributed by atoms with E-state index in [1.807, 2.05) is 10.9 Å². The van der Waals surface area contributed by atoms with E-state index < -0.39 is 0 Å². The number of hydrogen-bond donors (Lipinski definition) is 1. The molecule has 1 heterocycles. The summed E-state index contributed by atoms with van der Waals surface area (Å²) in [5.41, 5.74) is 3.48. The Morgan fingerprint density at radius 3 is 2.50 bits per heavy atom. The molecule has 1 aromatic heterocycles. The molecular formula is C15H20N2O. The smallest absolute Gasteiger partial charge is 0.0568 e. The highest BCUT2D eigenvalue weighted by atomic mass is 16.2. The molecule has 0 radical (unpaired) electrons. The van der Waals surface area contributed by atoms with Gasteiger partial charge < -0.3 is 5.11 Å². The Hall–Kier alpha value is -1.61. The lowest BCUT2D eigenvalue weighted by atomic mass is 10.1. The van der Waals surface area contributed by atoms with Gasteiger partial charge in [-0.2, -0.15) is 5.10 Å². The summed E-state index contributed by atoms with van der Waals surface area (Å²) in [5, 5.41) is 13.2.